The zero-order chi connectivity index (χ0) is 19.6. The van der Waals surface area contributed by atoms with Crippen LogP contribution in [0.1, 0.15) is 30.6 Å². The minimum Gasteiger partial charge on any atom is -0.497 e. The van der Waals surface area contributed by atoms with Crippen LogP contribution in [0, 0.1) is 0 Å². The van der Waals surface area contributed by atoms with Gasteiger partial charge < -0.3 is 14.5 Å². The van der Waals surface area contributed by atoms with Gasteiger partial charge in [0.05, 0.1) is 12.6 Å². The predicted molar refractivity (Wildman–Crippen MR) is 110 cm³/mol. The van der Waals surface area contributed by atoms with E-state index in [0.29, 0.717) is 12.5 Å². The number of likely N-dealkylation sites (N-methyl/N-ethyl adjacent to an activating group) is 1. The largest absolute Gasteiger partial charge is 0.497 e. The number of nitrogens with zero attached hydrogens (tertiary/aromatic N) is 3. The summed E-state index contributed by atoms with van der Waals surface area (Å²) in [5.41, 5.74) is 2.88. The first-order valence-corrected chi connectivity index (χ1v) is 9.43. The molecule has 2 heterocycles. The second kappa shape index (κ2) is 8.01. The average molecular weight is 367 g/mol. The van der Waals surface area contributed by atoms with E-state index in [1.807, 2.05) is 36.8 Å². The first-order valence-electron chi connectivity index (χ1n) is 9.43. The third kappa shape index (κ3) is 4.08. The van der Waals surface area contributed by atoms with E-state index in [1.54, 1.807) is 11.7 Å². The van der Waals surface area contributed by atoms with Crippen LogP contribution in [0.2, 0.25) is 0 Å². The number of methoxy groups -OCH3 is 1. The molecule has 0 amide bonds. The van der Waals surface area contributed by atoms with E-state index >= 15 is 0 Å². The van der Waals surface area contributed by atoms with Gasteiger partial charge in [-0.25, -0.2) is 0 Å². The molecule has 5 heteroatoms. The summed E-state index contributed by atoms with van der Waals surface area (Å²) in [5, 5.41) is 1.11. The Kier molecular flexibility index (Phi) is 5.71. The summed E-state index contributed by atoms with van der Waals surface area (Å²) < 4.78 is 7.18. The number of rotatable bonds is 6. The topological polar surface area (TPSA) is 37.7 Å². The summed E-state index contributed by atoms with van der Waals surface area (Å²) in [7, 11) is 5.78. The number of hydrogen-bond donors (Lipinski definition) is 0. The zero-order valence-corrected chi connectivity index (χ0v) is 16.9. The van der Waals surface area contributed by atoms with Crippen LogP contribution in [-0.4, -0.2) is 54.1 Å². The lowest BCUT2D eigenvalue weighted by Gasteiger charge is -2.24. The molecule has 144 valence electrons. The lowest BCUT2D eigenvalue weighted by atomic mass is 10.1. The van der Waals surface area contributed by atoms with Crippen molar-refractivity contribution < 1.29 is 9.53 Å². The SMILES string of the molecule is COc1ccc2c(CCN(C)C)cn(C(=O)C3=CN(C(C)C)C=CC3)c2c1. The molecule has 0 atom stereocenters. The van der Waals surface area contributed by atoms with Crippen molar-refractivity contribution in [2.45, 2.75) is 32.7 Å². The Morgan fingerprint density at radius 2 is 2.07 bits per heavy atom. The molecule has 1 aliphatic rings. The molecule has 0 spiro atoms. The Morgan fingerprint density at radius 1 is 1.30 bits per heavy atom. The molecule has 1 aliphatic heterocycles. The highest BCUT2D eigenvalue weighted by Gasteiger charge is 2.20. The molecule has 1 aromatic heterocycles. The highest BCUT2D eigenvalue weighted by molar-refractivity contribution is 6.03. The molecular weight excluding hydrogens is 338 g/mol. The molecule has 0 N–H and O–H groups in total. The summed E-state index contributed by atoms with van der Waals surface area (Å²) in [6.07, 6.45) is 9.60. The number of aromatic nitrogens is 1. The van der Waals surface area contributed by atoms with Crippen molar-refractivity contribution in [2.24, 2.45) is 0 Å². The first-order chi connectivity index (χ1) is 12.9. The van der Waals surface area contributed by atoms with E-state index in [0.717, 1.165) is 35.2 Å². The van der Waals surface area contributed by atoms with Gasteiger partial charge in [0.1, 0.15) is 5.75 Å². The van der Waals surface area contributed by atoms with E-state index in [-0.39, 0.29) is 5.91 Å². The van der Waals surface area contributed by atoms with Crippen molar-refractivity contribution in [1.29, 1.82) is 0 Å². The van der Waals surface area contributed by atoms with Crippen LogP contribution in [0.25, 0.3) is 10.9 Å². The first kappa shape index (κ1) is 19.2. The summed E-state index contributed by atoms with van der Waals surface area (Å²) in [4.78, 5) is 17.6. The zero-order valence-electron chi connectivity index (χ0n) is 16.9. The third-order valence-corrected chi connectivity index (χ3v) is 4.93. The Balaban J connectivity index is 2.03. The van der Waals surface area contributed by atoms with Gasteiger partial charge in [0.2, 0.25) is 0 Å². The van der Waals surface area contributed by atoms with Gasteiger partial charge in [0, 0.05) is 48.2 Å². The van der Waals surface area contributed by atoms with Crippen molar-refractivity contribution in [3.8, 4) is 5.75 Å². The molecule has 0 saturated heterocycles. The van der Waals surface area contributed by atoms with Crippen LogP contribution in [0.5, 0.6) is 5.75 Å². The quantitative estimate of drug-likeness (QED) is 0.776. The Labute approximate surface area is 161 Å². The predicted octanol–water partition coefficient (Wildman–Crippen LogP) is 3.91. The molecule has 0 unspecified atom stereocenters. The number of carbonyl (C=O) groups is 1. The Bertz CT molecular complexity index is 890. The van der Waals surface area contributed by atoms with E-state index in [9.17, 15) is 4.79 Å². The molecule has 2 aromatic rings. The van der Waals surface area contributed by atoms with E-state index < -0.39 is 0 Å². The molecule has 27 heavy (non-hydrogen) atoms. The van der Waals surface area contributed by atoms with Crippen LogP contribution in [-0.2, 0) is 6.42 Å². The highest BCUT2D eigenvalue weighted by Crippen LogP contribution is 2.28. The molecule has 0 saturated carbocycles. The molecule has 3 rings (SSSR count). The van der Waals surface area contributed by atoms with Gasteiger partial charge in [0.25, 0.3) is 5.91 Å². The molecule has 5 nitrogen and oxygen atoms in total. The standard InChI is InChI=1S/C22H29N3O2/c1-16(2)24-11-6-7-18(14-24)22(26)25-15-17(10-12-23(3)4)20-9-8-19(27-5)13-21(20)25/h6,8-9,11,13-16H,7,10,12H2,1-5H3. The number of benzene rings is 1. The van der Waals surface area contributed by atoms with Gasteiger partial charge >= 0.3 is 0 Å². The fourth-order valence-electron chi connectivity index (χ4n) is 3.31. The van der Waals surface area contributed by atoms with Crippen LogP contribution >= 0.6 is 0 Å². The molecule has 0 radical (unpaired) electrons. The molecule has 0 aliphatic carbocycles. The fraction of sp³-hybridized carbons (Fsp3) is 0.409. The maximum atomic E-state index is 13.3. The maximum Gasteiger partial charge on any atom is 0.260 e. The smallest absolute Gasteiger partial charge is 0.260 e. The summed E-state index contributed by atoms with van der Waals surface area (Å²) in [6.45, 7) is 5.17. The summed E-state index contributed by atoms with van der Waals surface area (Å²) >= 11 is 0. The summed E-state index contributed by atoms with van der Waals surface area (Å²) in [5.74, 6) is 0.787. The normalized spacial score (nSPS) is 14.3. The lowest BCUT2D eigenvalue weighted by molar-refractivity contribution is 0.0954. The Morgan fingerprint density at radius 3 is 2.74 bits per heavy atom. The molecule has 0 fully saturated rings. The van der Waals surface area contributed by atoms with Gasteiger partial charge in [-0.1, -0.05) is 6.08 Å². The van der Waals surface area contributed by atoms with Crippen LogP contribution in [0.3, 0.4) is 0 Å². The van der Waals surface area contributed by atoms with Crippen molar-refractivity contribution in [1.82, 2.24) is 14.4 Å². The van der Waals surface area contributed by atoms with Crippen molar-refractivity contribution in [2.75, 3.05) is 27.7 Å². The van der Waals surface area contributed by atoms with Crippen LogP contribution in [0.4, 0.5) is 0 Å². The lowest BCUT2D eigenvalue weighted by Crippen LogP contribution is -2.24. The third-order valence-electron chi connectivity index (χ3n) is 4.93. The minimum absolute atomic E-state index is 0.0272. The van der Waals surface area contributed by atoms with Crippen LogP contribution in [0.15, 0.2) is 48.4 Å². The molecule has 0 bridgehead atoms. The van der Waals surface area contributed by atoms with Gasteiger partial charge in [-0.2, -0.15) is 0 Å². The van der Waals surface area contributed by atoms with Crippen molar-refractivity contribution in [3.05, 3.63) is 54.0 Å². The second-order valence-electron chi connectivity index (χ2n) is 7.55. The minimum atomic E-state index is 0.0272. The fourth-order valence-corrected chi connectivity index (χ4v) is 3.31. The number of allylic oxidation sites excluding steroid dienone is 2. The van der Waals surface area contributed by atoms with E-state index in [1.165, 1.54) is 5.56 Å². The average Bonchev–Trinajstić information content (AvgIpc) is 3.03. The summed E-state index contributed by atoms with van der Waals surface area (Å²) in [6, 6.07) is 6.28. The second-order valence-corrected chi connectivity index (χ2v) is 7.55. The highest BCUT2D eigenvalue weighted by atomic mass is 16.5. The number of ether oxygens (including phenoxy) is 1. The van der Waals surface area contributed by atoms with Gasteiger partial charge in [0.15, 0.2) is 0 Å². The van der Waals surface area contributed by atoms with Gasteiger partial charge in [-0.05, 0) is 58.5 Å². The molecular formula is C22H29N3O2. The van der Waals surface area contributed by atoms with E-state index in [2.05, 4.69) is 43.8 Å². The monoisotopic (exact) mass is 367 g/mol. The van der Waals surface area contributed by atoms with Gasteiger partial charge in [-0.3, -0.25) is 9.36 Å². The number of fused-ring (bicyclic) bond motifs is 1. The van der Waals surface area contributed by atoms with E-state index in [4.69, 9.17) is 4.74 Å². The van der Waals surface area contributed by atoms with Crippen molar-refractivity contribution >= 4 is 16.8 Å². The van der Waals surface area contributed by atoms with Crippen LogP contribution < -0.4 is 4.74 Å². The molecule has 1 aromatic carbocycles. The van der Waals surface area contributed by atoms with Crippen molar-refractivity contribution in [3.63, 3.8) is 0 Å². The Hall–Kier alpha value is -2.53. The number of hydrogen-bond acceptors (Lipinski definition) is 4. The number of carbonyl (C=O) groups excluding carboxylic acids is 1. The van der Waals surface area contributed by atoms with Gasteiger partial charge in [-0.15, -0.1) is 0 Å². The maximum absolute atomic E-state index is 13.3.